The van der Waals surface area contributed by atoms with Gasteiger partial charge in [0.25, 0.3) is 5.91 Å². The van der Waals surface area contributed by atoms with Gasteiger partial charge in [-0.05, 0) is 32.8 Å². The van der Waals surface area contributed by atoms with Crippen molar-refractivity contribution in [1.29, 1.82) is 0 Å². The highest BCUT2D eigenvalue weighted by atomic mass is 16.5. The predicted octanol–water partition coefficient (Wildman–Crippen LogP) is 3.35. The van der Waals surface area contributed by atoms with Crippen molar-refractivity contribution >= 4 is 17.4 Å². The molecule has 0 aliphatic heterocycles. The summed E-state index contributed by atoms with van der Waals surface area (Å²) in [4.78, 5) is 27.7. The SMILES string of the molecule is CC(=O)c1cnccc1NC(=O)C(C)OC1CCCCCC1. The number of nitrogens with one attached hydrogen (secondary N) is 1. The Morgan fingerprint density at radius 2 is 1.95 bits per heavy atom. The summed E-state index contributed by atoms with van der Waals surface area (Å²) in [6.45, 7) is 3.22. The molecule has 1 heterocycles. The fourth-order valence-corrected chi connectivity index (χ4v) is 2.75. The molecule has 1 aliphatic carbocycles. The number of hydrogen-bond acceptors (Lipinski definition) is 4. The number of Topliss-reactive ketones (excluding diaryl/α,β-unsaturated/α-hetero) is 1. The second-order valence-corrected chi connectivity index (χ2v) is 5.86. The van der Waals surface area contributed by atoms with Crippen LogP contribution in [0, 0.1) is 0 Å². The van der Waals surface area contributed by atoms with Crippen molar-refractivity contribution in [2.75, 3.05) is 5.32 Å². The first-order valence-corrected chi connectivity index (χ1v) is 7.99. The summed E-state index contributed by atoms with van der Waals surface area (Å²) in [5, 5.41) is 2.77. The summed E-state index contributed by atoms with van der Waals surface area (Å²) in [7, 11) is 0. The van der Waals surface area contributed by atoms with Gasteiger partial charge < -0.3 is 10.1 Å². The van der Waals surface area contributed by atoms with Gasteiger partial charge in [-0.2, -0.15) is 0 Å². The van der Waals surface area contributed by atoms with E-state index in [2.05, 4.69) is 10.3 Å². The van der Waals surface area contributed by atoms with Crippen LogP contribution in [0.15, 0.2) is 18.5 Å². The highest BCUT2D eigenvalue weighted by Crippen LogP contribution is 2.21. The van der Waals surface area contributed by atoms with Crippen molar-refractivity contribution in [2.24, 2.45) is 0 Å². The van der Waals surface area contributed by atoms with E-state index in [4.69, 9.17) is 4.74 Å². The zero-order chi connectivity index (χ0) is 15.9. The Morgan fingerprint density at radius 1 is 1.27 bits per heavy atom. The third kappa shape index (κ3) is 4.63. The number of pyridine rings is 1. The molecule has 1 saturated carbocycles. The van der Waals surface area contributed by atoms with Crippen LogP contribution in [0.25, 0.3) is 0 Å². The number of ether oxygens (including phenoxy) is 1. The maximum Gasteiger partial charge on any atom is 0.253 e. The summed E-state index contributed by atoms with van der Waals surface area (Å²) in [6, 6.07) is 1.63. The fraction of sp³-hybridized carbons (Fsp3) is 0.588. The van der Waals surface area contributed by atoms with E-state index in [-0.39, 0.29) is 17.8 Å². The zero-order valence-electron chi connectivity index (χ0n) is 13.3. The smallest absolute Gasteiger partial charge is 0.253 e. The first-order valence-electron chi connectivity index (χ1n) is 7.99. The molecule has 1 aromatic heterocycles. The topological polar surface area (TPSA) is 68.3 Å². The van der Waals surface area contributed by atoms with Crippen LogP contribution in [0.5, 0.6) is 0 Å². The van der Waals surface area contributed by atoms with Gasteiger partial charge in [0.2, 0.25) is 0 Å². The maximum atomic E-state index is 12.3. The number of ketones is 1. The number of hydrogen-bond donors (Lipinski definition) is 1. The van der Waals surface area contributed by atoms with Crippen molar-refractivity contribution in [3.05, 3.63) is 24.0 Å². The molecule has 22 heavy (non-hydrogen) atoms. The Labute approximate surface area is 131 Å². The monoisotopic (exact) mass is 304 g/mol. The summed E-state index contributed by atoms with van der Waals surface area (Å²) in [5.74, 6) is -0.348. The molecule has 0 saturated heterocycles. The molecule has 0 spiro atoms. The Kier molecular flexibility index (Phi) is 6.07. The van der Waals surface area contributed by atoms with Crippen molar-refractivity contribution in [1.82, 2.24) is 4.98 Å². The van der Waals surface area contributed by atoms with Gasteiger partial charge in [0.1, 0.15) is 6.10 Å². The Balaban J connectivity index is 1.95. The van der Waals surface area contributed by atoms with Gasteiger partial charge in [0.05, 0.1) is 17.4 Å². The number of carbonyl (C=O) groups is 2. The third-order valence-corrected chi connectivity index (χ3v) is 4.03. The molecule has 0 aromatic carbocycles. The van der Waals surface area contributed by atoms with Crippen LogP contribution in [-0.2, 0) is 9.53 Å². The van der Waals surface area contributed by atoms with Crippen LogP contribution in [0.1, 0.15) is 62.7 Å². The van der Waals surface area contributed by atoms with Gasteiger partial charge in [-0.1, -0.05) is 25.7 Å². The molecule has 1 atom stereocenters. The van der Waals surface area contributed by atoms with E-state index in [1.165, 1.54) is 26.0 Å². The van der Waals surface area contributed by atoms with Crippen molar-refractivity contribution in [3.63, 3.8) is 0 Å². The van der Waals surface area contributed by atoms with Gasteiger partial charge in [-0.15, -0.1) is 0 Å². The largest absolute Gasteiger partial charge is 0.365 e. The van der Waals surface area contributed by atoms with Crippen LogP contribution in [0.4, 0.5) is 5.69 Å². The molecule has 0 bridgehead atoms. The number of carbonyl (C=O) groups excluding carboxylic acids is 2. The quantitative estimate of drug-likeness (QED) is 0.669. The summed E-state index contributed by atoms with van der Waals surface area (Å²) >= 11 is 0. The lowest BCUT2D eigenvalue weighted by atomic mass is 10.1. The summed E-state index contributed by atoms with van der Waals surface area (Å²) < 4.78 is 5.89. The Morgan fingerprint density at radius 3 is 2.59 bits per heavy atom. The minimum atomic E-state index is -0.531. The second kappa shape index (κ2) is 8.03. The lowest BCUT2D eigenvalue weighted by Crippen LogP contribution is -2.32. The predicted molar refractivity (Wildman–Crippen MR) is 84.9 cm³/mol. The van der Waals surface area contributed by atoms with E-state index in [0.29, 0.717) is 11.3 Å². The average Bonchev–Trinajstić information content (AvgIpc) is 2.76. The van der Waals surface area contributed by atoms with Gasteiger partial charge in [0, 0.05) is 12.4 Å². The third-order valence-electron chi connectivity index (χ3n) is 4.03. The van der Waals surface area contributed by atoms with E-state index in [1.54, 1.807) is 19.2 Å². The molecule has 0 radical (unpaired) electrons. The molecule has 5 heteroatoms. The average molecular weight is 304 g/mol. The molecule has 1 N–H and O–H groups in total. The molecule has 2 rings (SSSR count). The Bertz CT molecular complexity index is 522. The molecule has 1 unspecified atom stereocenters. The van der Waals surface area contributed by atoms with Gasteiger partial charge in [-0.3, -0.25) is 14.6 Å². The van der Waals surface area contributed by atoms with Gasteiger partial charge >= 0.3 is 0 Å². The minimum absolute atomic E-state index is 0.124. The van der Waals surface area contributed by atoms with Crippen LogP contribution in [0.3, 0.4) is 0 Å². The maximum absolute atomic E-state index is 12.3. The van der Waals surface area contributed by atoms with E-state index < -0.39 is 6.10 Å². The second-order valence-electron chi connectivity index (χ2n) is 5.86. The van der Waals surface area contributed by atoms with E-state index >= 15 is 0 Å². The molecule has 1 aromatic rings. The van der Waals surface area contributed by atoms with Crippen LogP contribution in [0.2, 0.25) is 0 Å². The molecule has 120 valence electrons. The zero-order valence-corrected chi connectivity index (χ0v) is 13.3. The van der Waals surface area contributed by atoms with Crippen molar-refractivity contribution in [3.8, 4) is 0 Å². The van der Waals surface area contributed by atoms with Crippen LogP contribution >= 0.6 is 0 Å². The first-order chi connectivity index (χ1) is 10.6. The molecule has 5 nitrogen and oxygen atoms in total. The minimum Gasteiger partial charge on any atom is -0.365 e. The molecule has 1 amide bonds. The number of rotatable bonds is 5. The number of anilines is 1. The summed E-state index contributed by atoms with van der Waals surface area (Å²) in [6.07, 6.45) is 9.52. The summed E-state index contributed by atoms with van der Waals surface area (Å²) in [5.41, 5.74) is 0.904. The molecular weight excluding hydrogens is 280 g/mol. The van der Waals surface area contributed by atoms with Gasteiger partial charge in [-0.25, -0.2) is 0 Å². The molecule has 1 aliphatic rings. The van der Waals surface area contributed by atoms with E-state index in [9.17, 15) is 9.59 Å². The lowest BCUT2D eigenvalue weighted by molar-refractivity contribution is -0.130. The molecule has 1 fully saturated rings. The van der Waals surface area contributed by atoms with Crippen LogP contribution in [-0.4, -0.2) is 28.9 Å². The number of aromatic nitrogens is 1. The van der Waals surface area contributed by atoms with Crippen molar-refractivity contribution < 1.29 is 14.3 Å². The molecular formula is C17H24N2O3. The highest BCUT2D eigenvalue weighted by Gasteiger charge is 2.21. The van der Waals surface area contributed by atoms with Crippen LogP contribution < -0.4 is 5.32 Å². The lowest BCUT2D eigenvalue weighted by Gasteiger charge is -2.21. The van der Waals surface area contributed by atoms with Gasteiger partial charge in [0.15, 0.2) is 5.78 Å². The number of amides is 1. The first kappa shape index (κ1) is 16.6. The fourth-order valence-electron chi connectivity index (χ4n) is 2.75. The number of nitrogens with zero attached hydrogens (tertiary/aromatic N) is 1. The normalized spacial score (nSPS) is 17.5. The van der Waals surface area contributed by atoms with E-state index in [1.807, 2.05) is 0 Å². The Hall–Kier alpha value is -1.75. The highest BCUT2D eigenvalue weighted by molar-refractivity contribution is 6.04. The standard InChI is InChI=1S/C17H24N2O3/c1-12(20)15-11-18-10-9-16(15)19-17(21)13(2)22-14-7-5-3-4-6-8-14/h9-11,13-14H,3-8H2,1-2H3,(H,18,19,21). The van der Waals surface area contributed by atoms with E-state index in [0.717, 1.165) is 25.7 Å². The van der Waals surface area contributed by atoms with Crippen molar-refractivity contribution in [2.45, 2.75) is 64.6 Å².